The smallest absolute Gasteiger partial charge is 0.270 e. The average molecular weight is 489 g/mol. The summed E-state index contributed by atoms with van der Waals surface area (Å²) >= 11 is 0. The Bertz CT molecular complexity index is 1150. The summed E-state index contributed by atoms with van der Waals surface area (Å²) in [5, 5.41) is 13.8. The van der Waals surface area contributed by atoms with Crippen LogP contribution in [0.15, 0.2) is 59.5 Å². The van der Waals surface area contributed by atoms with Gasteiger partial charge in [-0.1, -0.05) is 50.2 Å². The number of rotatable bonds is 8. The number of sulfonamides is 1. The van der Waals surface area contributed by atoms with Crippen molar-refractivity contribution in [2.24, 2.45) is 5.92 Å². The Morgan fingerprint density at radius 1 is 1.03 bits per heavy atom. The van der Waals surface area contributed by atoms with Crippen molar-refractivity contribution < 1.29 is 22.9 Å². The number of hydrogen-bond acceptors (Lipinski definition) is 6. The zero-order valence-corrected chi connectivity index (χ0v) is 19.9. The van der Waals surface area contributed by atoms with E-state index in [0.717, 1.165) is 6.07 Å². The van der Waals surface area contributed by atoms with Gasteiger partial charge in [0.25, 0.3) is 5.69 Å². The van der Waals surface area contributed by atoms with Crippen LogP contribution in [0.4, 0.5) is 5.69 Å². The van der Waals surface area contributed by atoms with E-state index in [9.17, 15) is 28.1 Å². The molecule has 3 rings (SSSR count). The molecule has 1 heterocycles. The summed E-state index contributed by atoms with van der Waals surface area (Å²) < 4.78 is 27.2. The quantitative estimate of drug-likeness (QED) is 0.448. The molecule has 0 spiro atoms. The van der Waals surface area contributed by atoms with E-state index >= 15 is 0 Å². The molecule has 34 heavy (non-hydrogen) atoms. The van der Waals surface area contributed by atoms with Gasteiger partial charge in [0.15, 0.2) is 0 Å². The van der Waals surface area contributed by atoms with E-state index in [0.29, 0.717) is 5.56 Å². The molecule has 2 amide bonds. The summed E-state index contributed by atoms with van der Waals surface area (Å²) in [4.78, 5) is 37.5. The van der Waals surface area contributed by atoms with Gasteiger partial charge in [0.1, 0.15) is 6.04 Å². The summed E-state index contributed by atoms with van der Waals surface area (Å²) in [6.07, 6.45) is 0.284. The number of amides is 2. The number of benzene rings is 2. The van der Waals surface area contributed by atoms with Gasteiger partial charge < -0.3 is 10.2 Å². The van der Waals surface area contributed by atoms with Crippen molar-refractivity contribution in [2.75, 3.05) is 26.2 Å². The first kappa shape index (κ1) is 25.3. The minimum Gasteiger partial charge on any atom is -0.341 e. The minimum absolute atomic E-state index is 0.0399. The molecule has 0 saturated carbocycles. The molecule has 0 aromatic heterocycles. The summed E-state index contributed by atoms with van der Waals surface area (Å²) in [5.41, 5.74) is 0.342. The zero-order chi connectivity index (χ0) is 24.9. The first-order valence-corrected chi connectivity index (χ1v) is 12.4. The summed E-state index contributed by atoms with van der Waals surface area (Å²) in [6, 6.07) is 13.0. The second-order valence-electron chi connectivity index (χ2n) is 8.49. The van der Waals surface area contributed by atoms with Crippen molar-refractivity contribution in [1.82, 2.24) is 14.5 Å². The highest BCUT2D eigenvalue weighted by Gasteiger charge is 2.34. The van der Waals surface area contributed by atoms with Gasteiger partial charge >= 0.3 is 0 Å². The fourth-order valence-electron chi connectivity index (χ4n) is 3.76. The largest absolute Gasteiger partial charge is 0.341 e. The van der Waals surface area contributed by atoms with Crippen molar-refractivity contribution >= 4 is 27.5 Å². The lowest BCUT2D eigenvalue weighted by molar-refractivity contribution is -0.385. The molecule has 11 heteroatoms. The second-order valence-corrected chi connectivity index (χ2v) is 10.4. The van der Waals surface area contributed by atoms with Gasteiger partial charge in [-0.25, -0.2) is 8.42 Å². The van der Waals surface area contributed by atoms with Crippen molar-refractivity contribution in [3.63, 3.8) is 0 Å². The molecule has 0 bridgehead atoms. The number of hydrogen-bond donors (Lipinski definition) is 1. The Labute approximate surface area is 198 Å². The molecule has 1 N–H and O–H groups in total. The highest BCUT2D eigenvalue weighted by Crippen LogP contribution is 2.23. The van der Waals surface area contributed by atoms with Crippen molar-refractivity contribution in [2.45, 2.75) is 31.2 Å². The Morgan fingerprint density at radius 3 is 2.26 bits per heavy atom. The van der Waals surface area contributed by atoms with E-state index in [1.165, 1.54) is 27.4 Å². The van der Waals surface area contributed by atoms with E-state index in [2.05, 4.69) is 5.32 Å². The van der Waals surface area contributed by atoms with Gasteiger partial charge in [-0.15, -0.1) is 0 Å². The van der Waals surface area contributed by atoms with Gasteiger partial charge in [-0.2, -0.15) is 4.31 Å². The number of nitro benzene ring substituents is 1. The predicted octanol–water partition coefficient (Wildman–Crippen LogP) is 2.33. The standard InChI is InChI=1S/C23H28N4O6S/c1-17(2)15-21(28)24-22(18-7-4-3-5-8-18)23(29)25-11-13-26(14-12-25)34(32,33)20-10-6-9-19(16-20)27(30)31/h3-10,16-17,22H,11-15H2,1-2H3,(H,24,28). The van der Waals surface area contributed by atoms with E-state index in [4.69, 9.17) is 0 Å². The SMILES string of the molecule is CC(C)CC(=O)NC(C(=O)N1CCN(S(=O)(=O)c2cccc([N+](=O)[O-])c2)CC1)c1ccccc1. The highest BCUT2D eigenvalue weighted by atomic mass is 32.2. The molecule has 1 fully saturated rings. The molecule has 2 aromatic rings. The zero-order valence-electron chi connectivity index (χ0n) is 19.1. The average Bonchev–Trinajstić information content (AvgIpc) is 2.82. The van der Waals surface area contributed by atoms with Crippen molar-refractivity contribution in [3.8, 4) is 0 Å². The molecule has 182 valence electrons. The van der Waals surface area contributed by atoms with Crippen molar-refractivity contribution in [3.05, 3.63) is 70.3 Å². The molecule has 10 nitrogen and oxygen atoms in total. The number of non-ortho nitro benzene ring substituents is 1. The Balaban J connectivity index is 1.73. The third-order valence-electron chi connectivity index (χ3n) is 5.50. The predicted molar refractivity (Wildman–Crippen MR) is 125 cm³/mol. The van der Waals surface area contributed by atoms with Crippen LogP contribution in [0, 0.1) is 16.0 Å². The van der Waals surface area contributed by atoms with Crippen LogP contribution in [0.25, 0.3) is 0 Å². The molecular weight excluding hydrogens is 460 g/mol. The maximum absolute atomic E-state index is 13.3. The number of nitro groups is 1. The normalized spacial score (nSPS) is 15.7. The molecular formula is C23H28N4O6S. The number of piperazine rings is 1. The van der Waals surface area contributed by atoms with E-state index in [1.807, 2.05) is 19.9 Å². The Kier molecular flexibility index (Phi) is 8.00. The fourth-order valence-corrected chi connectivity index (χ4v) is 5.22. The Hall–Kier alpha value is -3.31. The molecule has 1 aliphatic rings. The molecule has 1 saturated heterocycles. The van der Waals surface area contributed by atoms with E-state index < -0.39 is 21.0 Å². The van der Waals surface area contributed by atoms with Gasteiger partial charge in [0, 0.05) is 44.7 Å². The summed E-state index contributed by atoms with van der Waals surface area (Å²) in [5.74, 6) is -0.408. The topological polar surface area (TPSA) is 130 Å². The maximum Gasteiger partial charge on any atom is 0.270 e. The second kappa shape index (κ2) is 10.7. The molecule has 0 aliphatic carbocycles. The van der Waals surface area contributed by atoms with Gasteiger partial charge in [-0.05, 0) is 17.5 Å². The van der Waals surface area contributed by atoms with Crippen molar-refractivity contribution in [1.29, 1.82) is 0 Å². The van der Waals surface area contributed by atoms with Crippen LogP contribution in [-0.4, -0.2) is 60.5 Å². The van der Waals surface area contributed by atoms with Gasteiger partial charge in [0.2, 0.25) is 21.8 Å². The number of carbonyl (C=O) groups is 2. The lowest BCUT2D eigenvalue weighted by Gasteiger charge is -2.36. The molecule has 1 atom stereocenters. The van der Waals surface area contributed by atoms with Gasteiger partial charge in [0.05, 0.1) is 9.82 Å². The fraction of sp³-hybridized carbons (Fsp3) is 0.391. The molecule has 1 unspecified atom stereocenters. The number of carbonyl (C=O) groups excluding carboxylic acids is 2. The number of nitrogens with zero attached hydrogens (tertiary/aromatic N) is 3. The van der Waals surface area contributed by atoms with Gasteiger partial charge in [-0.3, -0.25) is 19.7 Å². The van der Waals surface area contributed by atoms with Crippen LogP contribution in [0.5, 0.6) is 0 Å². The van der Waals surface area contributed by atoms with Crippen LogP contribution >= 0.6 is 0 Å². The molecule has 1 aliphatic heterocycles. The van der Waals surface area contributed by atoms with Crippen LogP contribution in [0.2, 0.25) is 0 Å². The lowest BCUT2D eigenvalue weighted by Crippen LogP contribution is -2.53. The minimum atomic E-state index is -3.95. The maximum atomic E-state index is 13.3. The van der Waals surface area contributed by atoms with E-state index in [-0.39, 0.29) is 60.9 Å². The first-order valence-electron chi connectivity index (χ1n) is 11.0. The summed E-state index contributed by atoms with van der Waals surface area (Å²) in [6.45, 7) is 4.18. The molecule has 0 radical (unpaired) electrons. The van der Waals surface area contributed by atoms with Crippen LogP contribution in [0.1, 0.15) is 31.9 Å². The number of nitrogens with one attached hydrogen (secondary N) is 1. The third kappa shape index (κ3) is 5.97. The lowest BCUT2D eigenvalue weighted by atomic mass is 10.0. The monoisotopic (exact) mass is 488 g/mol. The Morgan fingerprint density at radius 2 is 1.68 bits per heavy atom. The van der Waals surface area contributed by atoms with Crippen LogP contribution < -0.4 is 5.32 Å². The molecule has 2 aromatic carbocycles. The van der Waals surface area contributed by atoms with E-state index in [1.54, 1.807) is 24.3 Å². The summed E-state index contributed by atoms with van der Waals surface area (Å²) in [7, 11) is -3.95. The van der Waals surface area contributed by atoms with Crippen LogP contribution in [-0.2, 0) is 19.6 Å². The first-order chi connectivity index (χ1) is 16.1. The van der Waals surface area contributed by atoms with Crippen LogP contribution in [0.3, 0.4) is 0 Å². The highest BCUT2D eigenvalue weighted by molar-refractivity contribution is 7.89. The third-order valence-corrected chi connectivity index (χ3v) is 7.39.